The van der Waals surface area contributed by atoms with Crippen LogP contribution in [-0.2, 0) is 17.4 Å². The van der Waals surface area contributed by atoms with E-state index in [9.17, 15) is 9.36 Å². The van der Waals surface area contributed by atoms with Crippen molar-refractivity contribution in [2.45, 2.75) is 44.6 Å². The van der Waals surface area contributed by atoms with Gasteiger partial charge in [0.15, 0.2) is 5.82 Å². The molecule has 1 atom stereocenters. The molecule has 1 aliphatic heterocycles. The summed E-state index contributed by atoms with van der Waals surface area (Å²) < 4.78 is 13.1. The van der Waals surface area contributed by atoms with Crippen LogP contribution in [0, 0.1) is 0 Å². The Kier molecular flexibility index (Phi) is 8.27. The van der Waals surface area contributed by atoms with Crippen LogP contribution in [0.5, 0.6) is 0 Å². The van der Waals surface area contributed by atoms with Crippen LogP contribution in [0.15, 0.2) is 42.6 Å². The molecule has 10 heteroatoms. The van der Waals surface area contributed by atoms with E-state index in [1.165, 1.54) is 49.9 Å². The number of carbonyl (C=O) groups excluding carboxylic acids is 1. The fourth-order valence-corrected chi connectivity index (χ4v) is 6.88. The van der Waals surface area contributed by atoms with Gasteiger partial charge < -0.3 is 25.4 Å². The molecule has 5 rings (SSSR count). The van der Waals surface area contributed by atoms with Crippen molar-refractivity contribution in [1.29, 1.82) is 0 Å². The van der Waals surface area contributed by atoms with Crippen LogP contribution in [-0.4, -0.2) is 60.3 Å². The third-order valence-electron chi connectivity index (χ3n) is 7.68. The zero-order chi connectivity index (χ0) is 27.6. The summed E-state index contributed by atoms with van der Waals surface area (Å²) in [4.78, 5) is 23.8. The zero-order valence-electron chi connectivity index (χ0n) is 22.8. The molecule has 2 heterocycles. The maximum absolute atomic E-state index is 13.1. The smallest absolute Gasteiger partial charge is 0.251 e. The lowest BCUT2D eigenvalue weighted by atomic mass is 10.0. The quantitative estimate of drug-likeness (QED) is 0.254. The molecule has 1 amide bonds. The lowest BCUT2D eigenvalue weighted by Gasteiger charge is -2.25. The van der Waals surface area contributed by atoms with Crippen molar-refractivity contribution in [2.24, 2.45) is 0 Å². The van der Waals surface area contributed by atoms with E-state index < -0.39 is 7.14 Å². The van der Waals surface area contributed by atoms with Crippen LogP contribution in [0.1, 0.15) is 47.2 Å². The van der Waals surface area contributed by atoms with Gasteiger partial charge in [0.2, 0.25) is 5.95 Å². The van der Waals surface area contributed by atoms with Gasteiger partial charge >= 0.3 is 0 Å². The third-order valence-corrected chi connectivity index (χ3v) is 9.48. The molecule has 0 unspecified atom stereocenters. The van der Waals surface area contributed by atoms with Crippen molar-refractivity contribution in [1.82, 2.24) is 20.2 Å². The highest BCUT2D eigenvalue weighted by molar-refractivity contribution is 7.70. The number of carbonyl (C=O) groups is 1. The number of rotatable bonds is 7. The number of benzene rings is 2. The van der Waals surface area contributed by atoms with Gasteiger partial charge in [0.05, 0.1) is 11.9 Å². The Balaban J connectivity index is 1.34. The number of nitrogens with one attached hydrogen (secondary N) is 3. The van der Waals surface area contributed by atoms with E-state index in [-0.39, 0.29) is 5.91 Å². The van der Waals surface area contributed by atoms with Gasteiger partial charge in [-0.2, -0.15) is 4.98 Å². The van der Waals surface area contributed by atoms with E-state index >= 15 is 0 Å². The summed E-state index contributed by atoms with van der Waals surface area (Å²) in [5, 5.41) is 10.0. The number of fused-ring (bicyclic) bond motifs is 1. The van der Waals surface area contributed by atoms with E-state index in [2.05, 4.69) is 49.0 Å². The van der Waals surface area contributed by atoms with Crippen molar-refractivity contribution < 1.29 is 9.36 Å². The number of aromatic nitrogens is 2. The molecule has 2 aromatic carbocycles. The van der Waals surface area contributed by atoms with Gasteiger partial charge in [0.1, 0.15) is 12.2 Å². The fourth-order valence-electron chi connectivity index (χ4n) is 5.58. The van der Waals surface area contributed by atoms with E-state index in [0.717, 1.165) is 18.5 Å². The van der Waals surface area contributed by atoms with E-state index in [1.807, 2.05) is 0 Å². The molecule has 1 saturated heterocycles. The average Bonchev–Trinajstić information content (AvgIpc) is 3.37. The summed E-state index contributed by atoms with van der Waals surface area (Å²) >= 11 is 6.45. The van der Waals surface area contributed by atoms with Gasteiger partial charge in [-0.25, -0.2) is 4.98 Å². The first-order valence-corrected chi connectivity index (χ1v) is 16.5. The highest BCUT2D eigenvalue weighted by atomic mass is 35.5. The first kappa shape index (κ1) is 27.6. The van der Waals surface area contributed by atoms with E-state index in [4.69, 9.17) is 11.6 Å². The van der Waals surface area contributed by atoms with Crippen LogP contribution in [0.2, 0.25) is 5.02 Å². The average molecular weight is 567 g/mol. The number of likely N-dealkylation sites (tertiary alicyclic amines) is 1. The maximum atomic E-state index is 13.1. The summed E-state index contributed by atoms with van der Waals surface area (Å²) in [5.74, 6) is 0.556. The second-order valence-corrected chi connectivity index (χ2v) is 14.4. The summed E-state index contributed by atoms with van der Waals surface area (Å²) in [6.07, 6.45) is 8.80. The molecule has 0 bridgehead atoms. The van der Waals surface area contributed by atoms with Crippen molar-refractivity contribution in [3.8, 4) is 0 Å². The minimum atomic E-state index is -2.73. The van der Waals surface area contributed by atoms with E-state index in [1.54, 1.807) is 44.8 Å². The van der Waals surface area contributed by atoms with Crippen molar-refractivity contribution in [3.05, 3.63) is 64.3 Å². The largest absolute Gasteiger partial charge is 0.355 e. The number of hydrogen-bond donors (Lipinski definition) is 3. The Bertz CT molecular complexity index is 1420. The zero-order valence-corrected chi connectivity index (χ0v) is 24.4. The third kappa shape index (κ3) is 6.46. The summed E-state index contributed by atoms with van der Waals surface area (Å²) in [6, 6.07) is 12.3. The van der Waals surface area contributed by atoms with E-state index in [0.29, 0.717) is 39.4 Å². The molecule has 0 radical (unpaired) electrons. The van der Waals surface area contributed by atoms with Crippen molar-refractivity contribution >= 4 is 53.1 Å². The van der Waals surface area contributed by atoms with Crippen LogP contribution in [0.3, 0.4) is 0 Å². The number of aryl methyl sites for hydroxylation is 2. The predicted octanol–water partition coefficient (Wildman–Crippen LogP) is 5.57. The Hall–Kier alpha value is -2.93. The van der Waals surface area contributed by atoms with Crippen molar-refractivity contribution in [2.75, 3.05) is 44.1 Å². The molecule has 206 valence electrons. The molecular weight excluding hydrogens is 531 g/mol. The minimum absolute atomic E-state index is 0.241. The van der Waals surface area contributed by atoms with Crippen LogP contribution >= 0.6 is 18.7 Å². The van der Waals surface area contributed by atoms with Crippen LogP contribution in [0.25, 0.3) is 0 Å². The second-order valence-electron chi connectivity index (χ2n) is 10.8. The van der Waals surface area contributed by atoms with Gasteiger partial charge in [-0.1, -0.05) is 17.7 Å². The molecule has 39 heavy (non-hydrogen) atoms. The molecule has 0 spiro atoms. The standard InChI is InChI=1S/C29H36ClN6O2P/c1-31-28(37)21-9-13-25(26(17-21)39(2,3)38)34-27-24(30)18-32-29(35-27)33-22-10-6-19-7-11-23(12-8-20(19)16-22)36-14-4-5-15-36/h6,9-10,13,16-18,23H,4-5,7-8,11-12,14-15H2,1-3H3,(H,31,37)(H2,32,33,34,35)/t23-/m0/s1. The molecule has 8 nitrogen and oxygen atoms in total. The first-order valence-electron chi connectivity index (χ1n) is 13.6. The van der Waals surface area contributed by atoms with Gasteiger partial charge in [-0.15, -0.1) is 0 Å². The molecule has 0 saturated carbocycles. The summed E-state index contributed by atoms with van der Waals surface area (Å²) in [6.45, 7) is 5.82. The molecule has 3 aromatic rings. The molecule has 3 N–H and O–H groups in total. The first-order chi connectivity index (χ1) is 18.7. The normalized spacial score (nSPS) is 17.8. The SMILES string of the molecule is CNC(=O)c1ccc(Nc2nc(Nc3ccc4c(c3)CC[C@@H](N3CCCC3)CC4)ncc2Cl)c(P(C)(C)=O)c1. The lowest BCUT2D eigenvalue weighted by molar-refractivity contribution is 0.0963. The number of hydrogen-bond acceptors (Lipinski definition) is 7. The fraction of sp³-hybridized carbons (Fsp3) is 0.414. The van der Waals surface area contributed by atoms with Gasteiger partial charge in [-0.3, -0.25) is 4.79 Å². The van der Waals surface area contributed by atoms with Gasteiger partial charge in [-0.05, 0) is 106 Å². The van der Waals surface area contributed by atoms with Crippen LogP contribution < -0.4 is 21.3 Å². The highest BCUT2D eigenvalue weighted by Crippen LogP contribution is 2.39. The summed E-state index contributed by atoms with van der Waals surface area (Å²) in [7, 11) is -1.16. The van der Waals surface area contributed by atoms with Gasteiger partial charge in [0.25, 0.3) is 5.91 Å². The molecule has 1 fully saturated rings. The lowest BCUT2D eigenvalue weighted by Crippen LogP contribution is -2.32. The monoisotopic (exact) mass is 566 g/mol. The number of halogens is 1. The predicted molar refractivity (Wildman–Crippen MR) is 160 cm³/mol. The Morgan fingerprint density at radius 1 is 1.03 bits per heavy atom. The number of nitrogens with zero attached hydrogens (tertiary/aromatic N) is 3. The molecule has 1 aromatic heterocycles. The minimum Gasteiger partial charge on any atom is -0.355 e. The number of amides is 1. The molecular formula is C29H36ClN6O2P. The second kappa shape index (κ2) is 11.7. The number of anilines is 4. The molecule has 1 aliphatic carbocycles. The van der Waals surface area contributed by atoms with Crippen LogP contribution in [0.4, 0.5) is 23.1 Å². The Morgan fingerprint density at radius 3 is 2.49 bits per heavy atom. The topological polar surface area (TPSA) is 99.2 Å². The highest BCUT2D eigenvalue weighted by Gasteiger charge is 2.25. The van der Waals surface area contributed by atoms with Gasteiger partial charge in [0, 0.05) is 29.6 Å². The Labute approximate surface area is 235 Å². The summed E-state index contributed by atoms with van der Waals surface area (Å²) in [5.41, 5.74) is 4.77. The maximum Gasteiger partial charge on any atom is 0.251 e. The van der Waals surface area contributed by atoms with Crippen molar-refractivity contribution in [3.63, 3.8) is 0 Å². The molecule has 2 aliphatic rings. The Morgan fingerprint density at radius 2 is 1.77 bits per heavy atom.